The Morgan fingerprint density at radius 1 is 0.769 bits per heavy atom. The number of para-hydroxylation sites is 2. The zero-order valence-corrected chi connectivity index (χ0v) is 17.5. The highest BCUT2D eigenvalue weighted by Gasteiger charge is 2.20. The van der Waals surface area contributed by atoms with Gasteiger partial charge >= 0.3 is 0 Å². The Labute approximate surface area is 159 Å². The van der Waals surface area contributed by atoms with E-state index in [1.807, 2.05) is 0 Å². The number of anilines is 1. The molecule has 140 valence electrons. The van der Waals surface area contributed by atoms with Crippen LogP contribution in [0.4, 0.5) is 11.4 Å². The standard InChI is InChI=1S/C23H33N3/c1-15(2)26(16(3)4)23(24-21-17(5)11-9-12-18(21)6)25-22-19(7)13-10-14-20(22)8/h9-16H,1-8H3,(H,24,25). The number of hydrogen-bond acceptors (Lipinski definition) is 1. The molecule has 0 bridgehead atoms. The van der Waals surface area contributed by atoms with E-state index >= 15 is 0 Å². The second-order valence-electron chi connectivity index (χ2n) is 7.66. The van der Waals surface area contributed by atoms with Gasteiger partial charge in [-0.2, -0.15) is 0 Å². The predicted molar refractivity (Wildman–Crippen MR) is 115 cm³/mol. The molecule has 0 aliphatic rings. The minimum atomic E-state index is 0.342. The molecule has 0 aliphatic carbocycles. The summed E-state index contributed by atoms with van der Waals surface area (Å²) in [7, 11) is 0. The van der Waals surface area contributed by atoms with E-state index in [1.165, 1.54) is 22.3 Å². The number of hydrogen-bond donors (Lipinski definition) is 1. The van der Waals surface area contributed by atoms with Crippen LogP contribution in [-0.4, -0.2) is 22.9 Å². The third kappa shape index (κ3) is 4.46. The third-order valence-corrected chi connectivity index (χ3v) is 4.73. The van der Waals surface area contributed by atoms with Crippen LogP contribution in [0.1, 0.15) is 49.9 Å². The summed E-state index contributed by atoms with van der Waals surface area (Å²) in [5.41, 5.74) is 7.03. The van der Waals surface area contributed by atoms with Crippen molar-refractivity contribution in [3.63, 3.8) is 0 Å². The zero-order valence-electron chi connectivity index (χ0n) is 17.5. The minimum Gasteiger partial charge on any atom is -0.338 e. The largest absolute Gasteiger partial charge is 0.338 e. The summed E-state index contributed by atoms with van der Waals surface area (Å²) in [5.74, 6) is 0.907. The Hall–Kier alpha value is -2.29. The van der Waals surface area contributed by atoms with Crippen LogP contribution < -0.4 is 5.32 Å². The van der Waals surface area contributed by atoms with Crippen LogP contribution >= 0.6 is 0 Å². The fourth-order valence-corrected chi connectivity index (χ4v) is 3.45. The predicted octanol–water partition coefficient (Wildman–Crippen LogP) is 6.14. The van der Waals surface area contributed by atoms with Gasteiger partial charge in [0.2, 0.25) is 5.96 Å². The average Bonchev–Trinajstić information content (AvgIpc) is 2.53. The van der Waals surface area contributed by atoms with Crippen molar-refractivity contribution in [2.75, 3.05) is 5.32 Å². The van der Waals surface area contributed by atoms with Gasteiger partial charge in [-0.05, 0) is 77.6 Å². The average molecular weight is 352 g/mol. The molecule has 0 fully saturated rings. The van der Waals surface area contributed by atoms with E-state index in [0.717, 1.165) is 17.3 Å². The second-order valence-corrected chi connectivity index (χ2v) is 7.66. The van der Waals surface area contributed by atoms with Gasteiger partial charge in [-0.3, -0.25) is 0 Å². The number of nitrogens with zero attached hydrogens (tertiary/aromatic N) is 2. The quantitative estimate of drug-likeness (QED) is 0.529. The van der Waals surface area contributed by atoms with Crippen LogP contribution in [0.25, 0.3) is 0 Å². The molecular formula is C23H33N3. The summed E-state index contributed by atoms with van der Waals surface area (Å²) in [6, 6.07) is 13.4. The first-order chi connectivity index (χ1) is 12.2. The molecule has 2 aromatic rings. The molecule has 0 unspecified atom stereocenters. The van der Waals surface area contributed by atoms with Crippen molar-refractivity contribution in [3.8, 4) is 0 Å². The summed E-state index contributed by atoms with van der Waals surface area (Å²) in [4.78, 5) is 7.45. The molecule has 0 amide bonds. The summed E-state index contributed by atoms with van der Waals surface area (Å²) in [5, 5.41) is 3.66. The molecule has 0 aromatic heterocycles. The number of aliphatic imine (C=N–C) groups is 1. The Bertz CT molecular complexity index is 740. The highest BCUT2D eigenvalue weighted by Crippen LogP contribution is 2.26. The fraction of sp³-hybridized carbons (Fsp3) is 0.435. The van der Waals surface area contributed by atoms with Crippen molar-refractivity contribution < 1.29 is 0 Å². The highest BCUT2D eigenvalue weighted by molar-refractivity contribution is 5.97. The maximum Gasteiger partial charge on any atom is 0.204 e. The normalized spacial score (nSPS) is 12.0. The monoisotopic (exact) mass is 351 g/mol. The smallest absolute Gasteiger partial charge is 0.204 e. The first-order valence-corrected chi connectivity index (χ1v) is 9.48. The molecule has 3 nitrogen and oxygen atoms in total. The molecule has 0 radical (unpaired) electrons. The lowest BCUT2D eigenvalue weighted by Gasteiger charge is -2.34. The van der Waals surface area contributed by atoms with E-state index in [4.69, 9.17) is 4.99 Å². The minimum absolute atomic E-state index is 0.342. The topological polar surface area (TPSA) is 27.6 Å². The molecule has 3 heteroatoms. The molecule has 0 saturated carbocycles. The molecule has 0 atom stereocenters. The van der Waals surface area contributed by atoms with Crippen LogP contribution in [0.5, 0.6) is 0 Å². The van der Waals surface area contributed by atoms with Crippen molar-refractivity contribution in [2.24, 2.45) is 4.99 Å². The Morgan fingerprint density at radius 3 is 1.62 bits per heavy atom. The molecule has 0 spiro atoms. The molecule has 2 aromatic carbocycles. The number of guanidine groups is 1. The van der Waals surface area contributed by atoms with E-state index in [-0.39, 0.29) is 0 Å². The van der Waals surface area contributed by atoms with Crippen molar-refractivity contribution >= 4 is 17.3 Å². The fourth-order valence-electron chi connectivity index (χ4n) is 3.45. The number of nitrogens with one attached hydrogen (secondary N) is 1. The SMILES string of the molecule is Cc1cccc(C)c1N=C(Nc1c(C)cccc1C)N(C(C)C)C(C)C. The lowest BCUT2D eigenvalue weighted by molar-refractivity contribution is 0.291. The van der Waals surface area contributed by atoms with Crippen molar-refractivity contribution in [1.82, 2.24) is 4.90 Å². The van der Waals surface area contributed by atoms with E-state index in [0.29, 0.717) is 12.1 Å². The van der Waals surface area contributed by atoms with Gasteiger partial charge in [-0.15, -0.1) is 0 Å². The summed E-state index contributed by atoms with van der Waals surface area (Å²) in [6.07, 6.45) is 0. The number of rotatable bonds is 4. The van der Waals surface area contributed by atoms with Crippen molar-refractivity contribution in [3.05, 3.63) is 58.7 Å². The number of benzene rings is 2. The van der Waals surface area contributed by atoms with Crippen LogP contribution in [0.3, 0.4) is 0 Å². The maximum absolute atomic E-state index is 5.11. The van der Waals surface area contributed by atoms with Crippen LogP contribution in [0, 0.1) is 27.7 Å². The molecule has 26 heavy (non-hydrogen) atoms. The first kappa shape index (κ1) is 20.0. The Kier molecular flexibility index (Phi) is 6.47. The van der Waals surface area contributed by atoms with E-state index in [9.17, 15) is 0 Å². The summed E-state index contributed by atoms with van der Waals surface area (Å²) >= 11 is 0. The van der Waals surface area contributed by atoms with Crippen LogP contribution in [0.2, 0.25) is 0 Å². The van der Waals surface area contributed by atoms with E-state index < -0.39 is 0 Å². The van der Waals surface area contributed by atoms with E-state index in [1.54, 1.807) is 0 Å². The maximum atomic E-state index is 5.11. The lowest BCUT2D eigenvalue weighted by atomic mass is 10.1. The van der Waals surface area contributed by atoms with Crippen molar-refractivity contribution in [1.29, 1.82) is 0 Å². The van der Waals surface area contributed by atoms with Gasteiger partial charge in [-0.25, -0.2) is 4.99 Å². The van der Waals surface area contributed by atoms with Crippen LogP contribution in [0.15, 0.2) is 41.4 Å². The zero-order chi connectivity index (χ0) is 19.4. The van der Waals surface area contributed by atoms with Gasteiger partial charge in [0.05, 0.1) is 5.69 Å². The Balaban J connectivity index is 2.61. The van der Waals surface area contributed by atoms with Gasteiger partial charge in [0.1, 0.15) is 0 Å². The lowest BCUT2D eigenvalue weighted by Crippen LogP contribution is -2.45. The van der Waals surface area contributed by atoms with Gasteiger partial charge in [0.25, 0.3) is 0 Å². The third-order valence-electron chi connectivity index (χ3n) is 4.73. The summed E-state index contributed by atoms with van der Waals surface area (Å²) < 4.78 is 0. The first-order valence-electron chi connectivity index (χ1n) is 9.48. The Morgan fingerprint density at radius 2 is 1.19 bits per heavy atom. The van der Waals surface area contributed by atoms with Crippen LogP contribution in [-0.2, 0) is 0 Å². The molecule has 2 rings (SSSR count). The molecule has 0 saturated heterocycles. The molecule has 0 heterocycles. The highest BCUT2D eigenvalue weighted by atomic mass is 15.3. The van der Waals surface area contributed by atoms with Gasteiger partial charge < -0.3 is 10.2 Å². The van der Waals surface area contributed by atoms with Gasteiger partial charge in [0, 0.05) is 17.8 Å². The number of aryl methyl sites for hydroxylation is 4. The molecular weight excluding hydrogens is 318 g/mol. The van der Waals surface area contributed by atoms with Crippen molar-refractivity contribution in [2.45, 2.75) is 67.5 Å². The summed E-state index contributed by atoms with van der Waals surface area (Å²) in [6.45, 7) is 17.4. The van der Waals surface area contributed by atoms with E-state index in [2.05, 4.69) is 102 Å². The molecule has 0 aliphatic heterocycles. The van der Waals surface area contributed by atoms with Gasteiger partial charge in [-0.1, -0.05) is 36.4 Å². The second kappa shape index (κ2) is 8.39. The molecule has 1 N–H and O–H groups in total. The van der Waals surface area contributed by atoms with Gasteiger partial charge in [0.15, 0.2) is 0 Å².